The summed E-state index contributed by atoms with van der Waals surface area (Å²) in [4.78, 5) is 29.0. The summed E-state index contributed by atoms with van der Waals surface area (Å²) in [6.07, 6.45) is -5.49. The minimum Gasteiger partial charge on any atom is -0.399 e. The average molecular weight is 448 g/mol. The molecule has 2 unspecified atom stereocenters. The molecular weight excluding hydrogens is 425 g/mol. The molecule has 4 N–H and O–H groups in total. The molecule has 32 heavy (non-hydrogen) atoms. The predicted molar refractivity (Wildman–Crippen MR) is 112 cm³/mol. The maximum atomic E-state index is 13.1. The first-order chi connectivity index (χ1) is 15.0. The van der Waals surface area contributed by atoms with Crippen LogP contribution in [0.5, 0.6) is 0 Å². The fourth-order valence-corrected chi connectivity index (χ4v) is 4.26. The van der Waals surface area contributed by atoms with Crippen molar-refractivity contribution in [3.8, 4) is 0 Å². The van der Waals surface area contributed by atoms with Crippen LogP contribution in [-0.2, 0) is 10.9 Å². The molecule has 2 saturated heterocycles. The van der Waals surface area contributed by atoms with Crippen LogP contribution in [0.4, 0.5) is 24.5 Å². The highest BCUT2D eigenvalue weighted by Gasteiger charge is 2.39. The quantitative estimate of drug-likeness (QED) is 0.688. The third-order valence-electron chi connectivity index (χ3n) is 5.53. The number of anilines is 2. The van der Waals surface area contributed by atoms with Gasteiger partial charge in [0.1, 0.15) is 0 Å². The molecule has 7 nitrogen and oxygen atoms in total. The summed E-state index contributed by atoms with van der Waals surface area (Å²) < 4.78 is 45.2. The summed E-state index contributed by atoms with van der Waals surface area (Å²) in [6.45, 7) is 2.69. The van der Waals surface area contributed by atoms with E-state index in [4.69, 9.17) is 16.2 Å². The van der Waals surface area contributed by atoms with Gasteiger partial charge in [0, 0.05) is 48.7 Å². The van der Waals surface area contributed by atoms with Crippen molar-refractivity contribution in [2.24, 2.45) is 0 Å². The van der Waals surface area contributed by atoms with Gasteiger partial charge in [0.05, 0.1) is 17.8 Å². The Morgan fingerprint density at radius 2 is 1.31 bits per heavy atom. The number of morpholine rings is 2. The molecule has 0 spiro atoms. The molecule has 2 aromatic carbocycles. The van der Waals surface area contributed by atoms with Crippen LogP contribution in [-0.4, -0.2) is 60.0 Å². The van der Waals surface area contributed by atoms with Crippen LogP contribution in [0.15, 0.2) is 36.4 Å². The van der Waals surface area contributed by atoms with Gasteiger partial charge in [-0.05, 0) is 48.9 Å². The van der Waals surface area contributed by atoms with E-state index in [1.165, 1.54) is 11.0 Å². The monoisotopic (exact) mass is 448 g/mol. The first-order valence-corrected chi connectivity index (χ1v) is 10.1. The number of ether oxygens (including phenoxy) is 1. The molecule has 170 valence electrons. The topological polar surface area (TPSA) is 102 Å². The van der Waals surface area contributed by atoms with Crippen molar-refractivity contribution in [3.05, 3.63) is 58.7 Å². The number of hydrogen-bond donors (Lipinski definition) is 2. The number of hydrogen-bond acceptors (Lipinski definition) is 5. The number of benzene rings is 2. The zero-order valence-electron chi connectivity index (χ0n) is 17.4. The number of carbonyl (C=O) groups excluding carboxylic acids is 2. The second-order valence-corrected chi connectivity index (χ2v) is 8.27. The highest BCUT2D eigenvalue weighted by molar-refractivity contribution is 5.96. The van der Waals surface area contributed by atoms with E-state index in [0.717, 1.165) is 17.7 Å². The maximum Gasteiger partial charge on any atom is 0.416 e. The number of rotatable bonds is 2. The zero-order valence-corrected chi connectivity index (χ0v) is 17.4. The molecule has 2 aromatic rings. The number of nitrogen functional groups attached to an aromatic ring is 2. The lowest BCUT2D eigenvalue weighted by Gasteiger charge is -2.45. The average Bonchev–Trinajstić information content (AvgIpc) is 2.70. The highest BCUT2D eigenvalue weighted by Crippen LogP contribution is 2.32. The van der Waals surface area contributed by atoms with Gasteiger partial charge in [-0.1, -0.05) is 0 Å². The van der Waals surface area contributed by atoms with Gasteiger partial charge in [-0.3, -0.25) is 9.59 Å². The highest BCUT2D eigenvalue weighted by atomic mass is 19.4. The minimum absolute atomic E-state index is 0.125. The van der Waals surface area contributed by atoms with Gasteiger partial charge in [0.15, 0.2) is 0 Å². The number of amides is 2. The van der Waals surface area contributed by atoms with E-state index in [1.807, 2.05) is 6.92 Å². The van der Waals surface area contributed by atoms with E-state index in [1.54, 1.807) is 23.1 Å². The lowest BCUT2D eigenvalue weighted by molar-refractivity contribution is -0.137. The van der Waals surface area contributed by atoms with Crippen molar-refractivity contribution in [2.45, 2.75) is 25.3 Å². The third-order valence-corrected chi connectivity index (χ3v) is 5.53. The van der Waals surface area contributed by atoms with Crippen LogP contribution in [0.25, 0.3) is 0 Å². The minimum atomic E-state index is -4.61. The van der Waals surface area contributed by atoms with E-state index in [-0.39, 0.29) is 43.3 Å². The normalized spacial score (nSPS) is 20.9. The molecule has 2 heterocycles. The lowest BCUT2D eigenvalue weighted by atomic mass is 10.0. The molecule has 2 atom stereocenters. The van der Waals surface area contributed by atoms with Gasteiger partial charge in [0.2, 0.25) is 0 Å². The van der Waals surface area contributed by atoms with E-state index >= 15 is 0 Å². The fourth-order valence-electron chi connectivity index (χ4n) is 4.26. The summed E-state index contributed by atoms with van der Waals surface area (Å²) >= 11 is 0. The molecule has 2 aliphatic heterocycles. The molecular formula is C22H23F3N4O3. The Bertz CT molecular complexity index is 1040. The van der Waals surface area contributed by atoms with Crippen molar-refractivity contribution in [1.82, 2.24) is 9.80 Å². The van der Waals surface area contributed by atoms with Gasteiger partial charge in [-0.25, -0.2) is 0 Å². The first-order valence-electron chi connectivity index (χ1n) is 10.1. The fraction of sp³-hybridized carbons (Fsp3) is 0.364. The summed E-state index contributed by atoms with van der Waals surface area (Å²) in [5.74, 6) is -0.725. The van der Waals surface area contributed by atoms with Gasteiger partial charge >= 0.3 is 6.18 Å². The molecule has 2 amide bonds. The van der Waals surface area contributed by atoms with Crippen molar-refractivity contribution in [2.75, 3.05) is 37.6 Å². The van der Waals surface area contributed by atoms with E-state index < -0.39 is 29.9 Å². The summed E-state index contributed by atoms with van der Waals surface area (Å²) in [7, 11) is 0. The summed E-state index contributed by atoms with van der Waals surface area (Å²) in [5.41, 5.74) is 12.1. The number of alkyl halides is 3. The Morgan fingerprint density at radius 1 is 0.844 bits per heavy atom. The largest absolute Gasteiger partial charge is 0.416 e. The lowest BCUT2D eigenvalue weighted by Crippen LogP contribution is -2.61. The standard InChI is InChI=1S/C22H23F3N4O3/c1-12-2-13(5-16(26)3-12)20(30)28-8-18-10-29(11-19(9-28)32-18)21(31)14-4-15(22(23,24)25)7-17(27)6-14/h2-7,18-19H,8-11,26-27H2,1H3. The second kappa shape index (κ2) is 8.01. The molecule has 0 radical (unpaired) electrons. The molecule has 0 aromatic heterocycles. The number of carbonyl (C=O) groups is 2. The molecule has 2 fully saturated rings. The molecule has 2 bridgehead atoms. The number of nitrogens with zero attached hydrogens (tertiary/aromatic N) is 2. The molecule has 0 saturated carbocycles. The van der Waals surface area contributed by atoms with Gasteiger partial charge in [-0.15, -0.1) is 0 Å². The second-order valence-electron chi connectivity index (χ2n) is 8.27. The summed E-state index contributed by atoms with van der Waals surface area (Å²) in [6, 6.07) is 8.00. The Labute approximate surface area is 182 Å². The molecule has 2 aliphatic rings. The predicted octanol–water partition coefficient (Wildman–Crippen LogP) is 2.54. The van der Waals surface area contributed by atoms with E-state index in [9.17, 15) is 22.8 Å². The molecule has 0 aliphatic carbocycles. The van der Waals surface area contributed by atoms with Crippen molar-refractivity contribution in [1.29, 1.82) is 0 Å². The Balaban J connectivity index is 1.48. The third kappa shape index (κ3) is 4.50. The first kappa shape index (κ1) is 21.9. The Kier molecular flexibility index (Phi) is 5.49. The van der Waals surface area contributed by atoms with Crippen molar-refractivity contribution >= 4 is 23.2 Å². The van der Waals surface area contributed by atoms with E-state index in [2.05, 4.69) is 0 Å². The van der Waals surface area contributed by atoms with Crippen molar-refractivity contribution in [3.63, 3.8) is 0 Å². The Hall–Kier alpha value is -3.27. The number of nitrogens with two attached hydrogens (primary N) is 2. The SMILES string of the molecule is Cc1cc(N)cc(C(=O)N2CC3CN(C(=O)c4cc(N)cc(C(F)(F)F)c4)CC(C2)O3)c1. The maximum absolute atomic E-state index is 13.1. The van der Waals surface area contributed by atoms with Crippen LogP contribution >= 0.6 is 0 Å². The molecule has 4 rings (SSSR count). The smallest absolute Gasteiger partial charge is 0.399 e. The number of fused-ring (bicyclic) bond motifs is 2. The number of halogens is 3. The summed E-state index contributed by atoms with van der Waals surface area (Å²) in [5, 5.41) is 0. The van der Waals surface area contributed by atoms with Gasteiger partial charge in [-0.2, -0.15) is 13.2 Å². The van der Waals surface area contributed by atoms with Crippen molar-refractivity contribution < 1.29 is 27.5 Å². The van der Waals surface area contributed by atoms with Crippen LogP contribution in [0.1, 0.15) is 31.8 Å². The van der Waals surface area contributed by atoms with E-state index in [0.29, 0.717) is 11.3 Å². The van der Waals surface area contributed by atoms with Crippen LogP contribution in [0.2, 0.25) is 0 Å². The van der Waals surface area contributed by atoms with Gasteiger partial charge < -0.3 is 26.0 Å². The Morgan fingerprint density at radius 3 is 1.78 bits per heavy atom. The van der Waals surface area contributed by atoms with Crippen LogP contribution < -0.4 is 11.5 Å². The van der Waals surface area contributed by atoms with Crippen LogP contribution in [0.3, 0.4) is 0 Å². The van der Waals surface area contributed by atoms with Crippen LogP contribution in [0, 0.1) is 6.92 Å². The number of aryl methyl sites for hydroxylation is 1. The zero-order chi connectivity index (χ0) is 23.2. The van der Waals surface area contributed by atoms with Gasteiger partial charge in [0.25, 0.3) is 11.8 Å². The molecule has 10 heteroatoms.